The van der Waals surface area contributed by atoms with Gasteiger partial charge in [0.25, 0.3) is 5.91 Å². The van der Waals surface area contributed by atoms with E-state index in [0.717, 1.165) is 5.56 Å². The summed E-state index contributed by atoms with van der Waals surface area (Å²) < 4.78 is 5.34. The average molecular weight is 320 g/mol. The Hall–Kier alpha value is -2.60. The molecular formula is C15H14ClN3O3. The second-order valence-corrected chi connectivity index (χ2v) is 4.92. The minimum absolute atomic E-state index is 0.153. The van der Waals surface area contributed by atoms with Crippen LogP contribution in [0.15, 0.2) is 42.6 Å². The highest BCUT2D eigenvalue weighted by Gasteiger charge is 2.05. The first-order valence-corrected chi connectivity index (χ1v) is 6.82. The number of halogens is 1. The number of hydrogen-bond donors (Lipinski definition) is 2. The SMILES string of the molecule is NC(=O)Cc1ccc(OCC(=O)Nc2ccc(Cl)cn2)cc1. The van der Waals surface area contributed by atoms with Crippen molar-refractivity contribution >= 4 is 29.2 Å². The molecule has 1 heterocycles. The number of nitrogens with one attached hydrogen (secondary N) is 1. The van der Waals surface area contributed by atoms with E-state index in [-0.39, 0.29) is 18.9 Å². The molecule has 1 aromatic heterocycles. The van der Waals surface area contributed by atoms with Crippen LogP contribution in [0.5, 0.6) is 5.75 Å². The molecule has 2 amide bonds. The lowest BCUT2D eigenvalue weighted by atomic mass is 10.1. The van der Waals surface area contributed by atoms with Crippen LogP contribution in [-0.4, -0.2) is 23.4 Å². The molecule has 2 aromatic rings. The second-order valence-electron chi connectivity index (χ2n) is 4.49. The molecule has 0 saturated carbocycles. The molecule has 3 N–H and O–H groups in total. The number of hydrogen-bond acceptors (Lipinski definition) is 4. The summed E-state index contributed by atoms with van der Waals surface area (Å²) in [6, 6.07) is 10.0. The Kier molecular flexibility index (Phi) is 5.32. The Labute approximate surface area is 132 Å². The number of carbonyl (C=O) groups excluding carboxylic acids is 2. The van der Waals surface area contributed by atoms with Crippen molar-refractivity contribution in [3.63, 3.8) is 0 Å². The number of anilines is 1. The maximum atomic E-state index is 11.7. The lowest BCUT2D eigenvalue weighted by molar-refractivity contribution is -0.118. The Morgan fingerprint density at radius 3 is 2.50 bits per heavy atom. The monoisotopic (exact) mass is 319 g/mol. The maximum absolute atomic E-state index is 11.7. The number of benzene rings is 1. The number of rotatable bonds is 6. The molecule has 2 rings (SSSR count). The van der Waals surface area contributed by atoms with Crippen LogP contribution in [0.25, 0.3) is 0 Å². The van der Waals surface area contributed by atoms with Crippen molar-refractivity contribution < 1.29 is 14.3 Å². The fourth-order valence-electron chi connectivity index (χ4n) is 1.68. The number of pyridine rings is 1. The molecule has 0 aliphatic rings. The number of carbonyl (C=O) groups is 2. The molecule has 0 bridgehead atoms. The van der Waals surface area contributed by atoms with Crippen LogP contribution in [0.4, 0.5) is 5.82 Å². The van der Waals surface area contributed by atoms with E-state index in [9.17, 15) is 9.59 Å². The third-order valence-corrected chi connectivity index (χ3v) is 2.89. The first-order chi connectivity index (χ1) is 10.5. The topological polar surface area (TPSA) is 94.3 Å². The number of ether oxygens (including phenoxy) is 1. The third-order valence-electron chi connectivity index (χ3n) is 2.67. The summed E-state index contributed by atoms with van der Waals surface area (Å²) in [5, 5.41) is 3.07. The van der Waals surface area contributed by atoms with Crippen LogP contribution in [0.3, 0.4) is 0 Å². The molecule has 0 unspecified atom stereocenters. The molecular weight excluding hydrogens is 306 g/mol. The third kappa shape index (κ3) is 5.06. The van der Waals surface area contributed by atoms with Gasteiger partial charge in [-0.05, 0) is 29.8 Å². The lowest BCUT2D eigenvalue weighted by Gasteiger charge is -2.07. The zero-order chi connectivity index (χ0) is 15.9. The number of nitrogens with two attached hydrogens (primary N) is 1. The zero-order valence-electron chi connectivity index (χ0n) is 11.6. The van der Waals surface area contributed by atoms with Crippen molar-refractivity contribution in [3.8, 4) is 5.75 Å². The normalized spacial score (nSPS) is 10.0. The predicted octanol–water partition coefficient (Wildman–Crippen LogP) is 1.78. The summed E-state index contributed by atoms with van der Waals surface area (Å²) in [4.78, 5) is 26.4. The van der Waals surface area contributed by atoms with E-state index in [4.69, 9.17) is 22.1 Å². The molecule has 0 atom stereocenters. The summed E-state index contributed by atoms with van der Waals surface area (Å²) in [6.07, 6.45) is 1.61. The molecule has 7 heteroatoms. The molecule has 0 spiro atoms. The Balaban J connectivity index is 1.83. The number of aromatic nitrogens is 1. The smallest absolute Gasteiger partial charge is 0.263 e. The van der Waals surface area contributed by atoms with E-state index < -0.39 is 5.91 Å². The van der Waals surface area contributed by atoms with E-state index in [2.05, 4.69) is 10.3 Å². The van der Waals surface area contributed by atoms with Gasteiger partial charge in [-0.15, -0.1) is 0 Å². The highest BCUT2D eigenvalue weighted by molar-refractivity contribution is 6.30. The van der Waals surface area contributed by atoms with Crippen LogP contribution < -0.4 is 15.8 Å². The van der Waals surface area contributed by atoms with Gasteiger partial charge < -0.3 is 15.8 Å². The molecule has 6 nitrogen and oxygen atoms in total. The van der Waals surface area contributed by atoms with Gasteiger partial charge in [0.2, 0.25) is 5.91 Å². The standard InChI is InChI=1S/C15H14ClN3O3/c16-11-3-6-14(18-8-11)19-15(21)9-22-12-4-1-10(2-5-12)7-13(17)20/h1-6,8H,7,9H2,(H2,17,20)(H,18,19,21). The molecule has 1 aromatic carbocycles. The summed E-state index contributed by atoms with van der Waals surface area (Å²) in [6.45, 7) is -0.153. The maximum Gasteiger partial charge on any atom is 0.263 e. The predicted molar refractivity (Wildman–Crippen MR) is 82.7 cm³/mol. The van der Waals surface area contributed by atoms with Gasteiger partial charge in [-0.25, -0.2) is 4.98 Å². The Bertz CT molecular complexity index is 657. The van der Waals surface area contributed by atoms with E-state index in [1.807, 2.05) is 0 Å². The minimum atomic E-state index is -0.400. The molecule has 0 aliphatic carbocycles. The van der Waals surface area contributed by atoms with Crippen molar-refractivity contribution in [1.82, 2.24) is 4.98 Å². The molecule has 22 heavy (non-hydrogen) atoms. The van der Waals surface area contributed by atoms with Crippen molar-refractivity contribution in [1.29, 1.82) is 0 Å². The summed E-state index contributed by atoms with van der Waals surface area (Å²) in [5.74, 6) is 0.182. The first-order valence-electron chi connectivity index (χ1n) is 6.44. The number of amides is 2. The van der Waals surface area contributed by atoms with Crippen molar-refractivity contribution in [2.75, 3.05) is 11.9 Å². The van der Waals surface area contributed by atoms with Crippen molar-refractivity contribution in [3.05, 3.63) is 53.2 Å². The van der Waals surface area contributed by atoms with Crippen LogP contribution in [0.2, 0.25) is 5.02 Å². The molecule has 0 radical (unpaired) electrons. The largest absolute Gasteiger partial charge is 0.484 e. The molecule has 0 saturated heterocycles. The summed E-state index contributed by atoms with van der Waals surface area (Å²) in [5.41, 5.74) is 5.89. The van der Waals surface area contributed by atoms with Crippen molar-refractivity contribution in [2.45, 2.75) is 6.42 Å². The molecule has 0 aliphatic heterocycles. The van der Waals surface area contributed by atoms with Crippen LogP contribution in [0.1, 0.15) is 5.56 Å². The van der Waals surface area contributed by atoms with Crippen LogP contribution in [-0.2, 0) is 16.0 Å². The zero-order valence-corrected chi connectivity index (χ0v) is 12.3. The van der Waals surface area contributed by atoms with Gasteiger partial charge in [0.1, 0.15) is 11.6 Å². The Morgan fingerprint density at radius 1 is 1.18 bits per heavy atom. The van der Waals surface area contributed by atoms with Gasteiger partial charge in [-0.1, -0.05) is 23.7 Å². The average Bonchev–Trinajstić information content (AvgIpc) is 2.48. The lowest BCUT2D eigenvalue weighted by Crippen LogP contribution is -2.20. The first kappa shape index (κ1) is 15.8. The highest BCUT2D eigenvalue weighted by Crippen LogP contribution is 2.13. The number of nitrogens with zero attached hydrogens (tertiary/aromatic N) is 1. The Morgan fingerprint density at radius 2 is 1.91 bits per heavy atom. The van der Waals surface area contributed by atoms with E-state index in [1.54, 1.807) is 36.4 Å². The van der Waals surface area contributed by atoms with E-state index in [1.165, 1.54) is 6.20 Å². The van der Waals surface area contributed by atoms with Crippen LogP contribution in [0, 0.1) is 0 Å². The number of primary amides is 1. The van der Waals surface area contributed by atoms with Gasteiger partial charge >= 0.3 is 0 Å². The fraction of sp³-hybridized carbons (Fsp3) is 0.133. The minimum Gasteiger partial charge on any atom is -0.484 e. The fourth-order valence-corrected chi connectivity index (χ4v) is 1.79. The van der Waals surface area contributed by atoms with E-state index in [0.29, 0.717) is 16.6 Å². The van der Waals surface area contributed by atoms with E-state index >= 15 is 0 Å². The summed E-state index contributed by atoms with van der Waals surface area (Å²) in [7, 11) is 0. The van der Waals surface area contributed by atoms with Crippen LogP contribution >= 0.6 is 11.6 Å². The van der Waals surface area contributed by atoms with Gasteiger partial charge in [0.15, 0.2) is 6.61 Å². The molecule has 114 valence electrons. The second kappa shape index (κ2) is 7.42. The summed E-state index contributed by atoms with van der Waals surface area (Å²) >= 11 is 5.70. The van der Waals surface area contributed by atoms with Gasteiger partial charge in [0.05, 0.1) is 11.4 Å². The highest BCUT2D eigenvalue weighted by atomic mass is 35.5. The van der Waals surface area contributed by atoms with Gasteiger partial charge in [0, 0.05) is 6.20 Å². The quantitative estimate of drug-likeness (QED) is 0.848. The molecule has 0 fully saturated rings. The van der Waals surface area contributed by atoms with Crippen molar-refractivity contribution in [2.24, 2.45) is 5.73 Å². The van der Waals surface area contributed by atoms with Gasteiger partial charge in [-0.3, -0.25) is 9.59 Å². The van der Waals surface area contributed by atoms with Gasteiger partial charge in [-0.2, -0.15) is 0 Å².